The highest BCUT2D eigenvalue weighted by Gasteiger charge is 2.19. The molecule has 1 aromatic carbocycles. The van der Waals surface area contributed by atoms with E-state index in [4.69, 9.17) is 25.7 Å². The van der Waals surface area contributed by atoms with Crippen LogP contribution in [0.15, 0.2) is 24.4 Å². The first kappa shape index (κ1) is 26.7. The van der Waals surface area contributed by atoms with E-state index in [-0.39, 0.29) is 24.0 Å². The zero-order chi connectivity index (χ0) is 25.9. The van der Waals surface area contributed by atoms with Crippen LogP contribution in [0.5, 0.6) is 0 Å². The van der Waals surface area contributed by atoms with Crippen LogP contribution < -0.4 is 16.8 Å². The summed E-state index contributed by atoms with van der Waals surface area (Å²) in [5, 5.41) is 23.0. The van der Waals surface area contributed by atoms with Crippen LogP contribution in [0, 0.1) is 10.1 Å². The van der Waals surface area contributed by atoms with Crippen molar-refractivity contribution in [2.24, 2.45) is 0 Å². The second-order valence-electron chi connectivity index (χ2n) is 7.68. The maximum absolute atomic E-state index is 11.8. The van der Waals surface area contributed by atoms with Crippen LogP contribution in [0.2, 0.25) is 0 Å². The predicted molar refractivity (Wildman–Crippen MR) is 133 cm³/mol. The molecule has 36 heavy (non-hydrogen) atoms. The molecule has 194 valence electrons. The van der Waals surface area contributed by atoms with Gasteiger partial charge in [0.15, 0.2) is 0 Å². The molecule has 0 amide bonds. The fourth-order valence-corrected chi connectivity index (χ4v) is 3.44. The van der Waals surface area contributed by atoms with Crippen LogP contribution >= 0.6 is 0 Å². The Morgan fingerprint density at radius 3 is 2.58 bits per heavy atom. The Balaban J connectivity index is 1.59. The lowest BCUT2D eigenvalue weighted by Crippen LogP contribution is -2.12. The third kappa shape index (κ3) is 7.31. The molecule has 2 aromatic heterocycles. The molecule has 0 spiro atoms. The van der Waals surface area contributed by atoms with E-state index in [1.165, 1.54) is 6.07 Å². The minimum absolute atomic E-state index is 0.0625. The molecule has 0 aliphatic carbocycles. The Bertz CT molecular complexity index is 1150. The monoisotopic (exact) mass is 501 g/mol. The van der Waals surface area contributed by atoms with Gasteiger partial charge in [-0.25, -0.2) is 9.67 Å². The van der Waals surface area contributed by atoms with Gasteiger partial charge in [0.1, 0.15) is 17.2 Å². The number of rotatable bonds is 15. The minimum atomic E-state index is -0.459. The Morgan fingerprint density at radius 1 is 1.11 bits per heavy atom. The molecule has 0 atom stereocenters. The van der Waals surface area contributed by atoms with E-state index < -0.39 is 4.92 Å². The van der Waals surface area contributed by atoms with E-state index in [1.807, 2.05) is 6.92 Å². The van der Waals surface area contributed by atoms with Crippen LogP contribution in [-0.4, -0.2) is 70.0 Å². The second kappa shape index (κ2) is 13.3. The maximum atomic E-state index is 11.8. The van der Waals surface area contributed by atoms with Gasteiger partial charge in [-0.05, 0) is 18.1 Å². The first-order valence-corrected chi connectivity index (χ1v) is 11.4. The first-order valence-electron chi connectivity index (χ1n) is 11.4. The molecule has 0 unspecified atom stereocenters. The molecule has 3 aromatic rings. The molecular formula is C22H31N9O5. The number of ether oxygens (including phenoxy) is 3. The molecular weight excluding hydrogens is 470 g/mol. The third-order valence-electron chi connectivity index (χ3n) is 5.16. The number of hydrogen-bond acceptors (Lipinski definition) is 12. The van der Waals surface area contributed by atoms with E-state index in [2.05, 4.69) is 25.6 Å². The van der Waals surface area contributed by atoms with Crippen molar-refractivity contribution < 1.29 is 19.1 Å². The number of nitrogen functional groups attached to an aromatic ring is 2. The summed E-state index contributed by atoms with van der Waals surface area (Å²) in [7, 11) is 1.62. The summed E-state index contributed by atoms with van der Waals surface area (Å²) in [6.45, 7) is 5.17. The number of anilines is 3. The smallest absolute Gasteiger partial charge is 0.292 e. The number of nitrogens with two attached hydrogens (primary N) is 2. The Hall–Kier alpha value is -3.88. The lowest BCUT2D eigenvalue weighted by atomic mass is 10.0. The largest absolute Gasteiger partial charge is 0.383 e. The molecule has 3 rings (SSSR count). The normalized spacial score (nSPS) is 11.1. The SMILES string of the molecule is CCc1nc(N)nc(N)c1-c1ccc(NCc2cn(CCOCCOCCOC)nn2)c([N+](=O)[O-])c1. The number of hydrogen-bond donors (Lipinski definition) is 3. The predicted octanol–water partition coefficient (Wildman–Crippen LogP) is 1.66. The number of nitrogens with zero attached hydrogens (tertiary/aromatic N) is 6. The molecule has 0 aliphatic rings. The second-order valence-corrected chi connectivity index (χ2v) is 7.68. The van der Waals surface area contributed by atoms with Crippen molar-refractivity contribution in [3.63, 3.8) is 0 Å². The van der Waals surface area contributed by atoms with Gasteiger partial charge in [0.25, 0.3) is 5.69 Å². The number of nitro groups is 1. The zero-order valence-corrected chi connectivity index (χ0v) is 20.3. The summed E-state index contributed by atoms with van der Waals surface area (Å²) < 4.78 is 17.4. The molecule has 0 saturated carbocycles. The van der Waals surface area contributed by atoms with Gasteiger partial charge in [0, 0.05) is 18.7 Å². The maximum Gasteiger partial charge on any atom is 0.292 e. The molecule has 0 aliphatic heterocycles. The van der Waals surface area contributed by atoms with E-state index in [9.17, 15) is 10.1 Å². The van der Waals surface area contributed by atoms with Crippen molar-refractivity contribution >= 4 is 23.1 Å². The highest BCUT2D eigenvalue weighted by atomic mass is 16.6. The van der Waals surface area contributed by atoms with E-state index in [0.29, 0.717) is 74.2 Å². The third-order valence-corrected chi connectivity index (χ3v) is 5.16. The molecule has 0 saturated heterocycles. The fourth-order valence-electron chi connectivity index (χ4n) is 3.44. The highest BCUT2D eigenvalue weighted by molar-refractivity contribution is 5.81. The first-order chi connectivity index (χ1) is 17.4. The number of benzene rings is 1. The van der Waals surface area contributed by atoms with Crippen LogP contribution in [-0.2, 0) is 33.7 Å². The fraction of sp³-hybridized carbons (Fsp3) is 0.455. The average molecular weight is 502 g/mol. The van der Waals surface area contributed by atoms with Gasteiger partial charge in [0.05, 0.1) is 62.9 Å². The number of aryl methyl sites for hydroxylation is 1. The Morgan fingerprint density at radius 2 is 1.86 bits per heavy atom. The van der Waals surface area contributed by atoms with Crippen LogP contribution in [0.4, 0.5) is 23.1 Å². The molecule has 0 bridgehead atoms. The number of nitrogens with one attached hydrogen (secondary N) is 1. The standard InChI is InChI=1S/C22H31N9O5/c1-3-17-20(21(23)27-22(24)26-17)15-4-5-18(19(12-15)31(32)33)25-13-16-14-30(29-28-16)6-7-35-10-11-36-9-8-34-2/h4-5,12,14,25H,3,6-11,13H2,1-2H3,(H4,23,24,26,27). The van der Waals surface area contributed by atoms with E-state index in [0.717, 1.165) is 0 Å². The summed E-state index contributed by atoms with van der Waals surface area (Å²) in [5.74, 6) is 0.237. The number of methoxy groups -OCH3 is 1. The molecule has 14 heteroatoms. The van der Waals surface area contributed by atoms with Gasteiger partial charge in [-0.3, -0.25) is 10.1 Å². The van der Waals surface area contributed by atoms with Crippen LogP contribution in [0.1, 0.15) is 18.3 Å². The highest BCUT2D eigenvalue weighted by Crippen LogP contribution is 2.34. The molecule has 0 radical (unpaired) electrons. The van der Waals surface area contributed by atoms with Gasteiger partial charge >= 0.3 is 0 Å². The number of aromatic nitrogens is 5. The van der Waals surface area contributed by atoms with Crippen molar-refractivity contribution in [1.29, 1.82) is 0 Å². The average Bonchev–Trinajstić information content (AvgIpc) is 3.31. The van der Waals surface area contributed by atoms with Gasteiger partial charge in [0.2, 0.25) is 5.95 Å². The van der Waals surface area contributed by atoms with Gasteiger partial charge in [-0.1, -0.05) is 18.2 Å². The van der Waals surface area contributed by atoms with Gasteiger partial charge in [-0.15, -0.1) is 5.10 Å². The summed E-state index contributed by atoms with van der Waals surface area (Å²) in [5.41, 5.74) is 14.3. The quantitative estimate of drug-likeness (QED) is 0.155. The Kier molecular flexibility index (Phi) is 9.85. The van der Waals surface area contributed by atoms with Gasteiger partial charge in [-0.2, -0.15) is 4.98 Å². The summed E-state index contributed by atoms with van der Waals surface area (Å²) in [6, 6.07) is 4.79. The molecule has 0 fully saturated rings. The summed E-state index contributed by atoms with van der Waals surface area (Å²) in [6.07, 6.45) is 2.30. The van der Waals surface area contributed by atoms with Crippen molar-refractivity contribution in [3.05, 3.63) is 45.9 Å². The van der Waals surface area contributed by atoms with E-state index >= 15 is 0 Å². The summed E-state index contributed by atoms with van der Waals surface area (Å²) >= 11 is 0. The van der Waals surface area contributed by atoms with E-state index in [1.54, 1.807) is 30.1 Å². The topological polar surface area (TPSA) is 191 Å². The lowest BCUT2D eigenvalue weighted by Gasteiger charge is -2.12. The molecule has 5 N–H and O–H groups in total. The minimum Gasteiger partial charge on any atom is -0.383 e. The van der Waals surface area contributed by atoms with Crippen molar-refractivity contribution in [1.82, 2.24) is 25.0 Å². The van der Waals surface area contributed by atoms with Crippen molar-refractivity contribution in [2.45, 2.75) is 26.4 Å². The lowest BCUT2D eigenvalue weighted by molar-refractivity contribution is -0.383. The van der Waals surface area contributed by atoms with Gasteiger partial charge < -0.3 is 31.0 Å². The van der Waals surface area contributed by atoms with Crippen LogP contribution in [0.25, 0.3) is 11.1 Å². The summed E-state index contributed by atoms with van der Waals surface area (Å²) in [4.78, 5) is 19.5. The van der Waals surface area contributed by atoms with Crippen molar-refractivity contribution in [3.8, 4) is 11.1 Å². The number of nitro benzene ring substituents is 1. The van der Waals surface area contributed by atoms with Crippen molar-refractivity contribution in [2.75, 3.05) is 56.9 Å². The Labute approximate surface area is 208 Å². The molecule has 14 nitrogen and oxygen atoms in total. The zero-order valence-electron chi connectivity index (χ0n) is 20.3. The van der Waals surface area contributed by atoms with Crippen LogP contribution in [0.3, 0.4) is 0 Å². The molecule has 2 heterocycles.